The minimum atomic E-state index is -0.0796. The number of carbonyl (C=O) groups is 1. The monoisotopic (exact) mass is 364 g/mol. The number of amides is 1. The van der Waals surface area contributed by atoms with Crippen LogP contribution in [-0.2, 0) is 4.79 Å². The molecule has 8 nitrogen and oxygen atoms in total. The maximum Gasteiger partial charge on any atom is 0.246 e. The molecular formula is C19H20N6O2. The van der Waals surface area contributed by atoms with E-state index in [2.05, 4.69) is 16.5 Å². The smallest absolute Gasteiger partial charge is 0.246 e. The number of nitrogen functional groups attached to an aromatic ring is 1. The molecule has 27 heavy (non-hydrogen) atoms. The highest BCUT2D eigenvalue weighted by Crippen LogP contribution is 2.34. The molecule has 2 aromatic heterocycles. The number of aromatic hydroxyl groups is 1. The summed E-state index contributed by atoms with van der Waals surface area (Å²) in [4.78, 5) is 22.3. The normalized spacial score (nSPS) is 17.2. The molecule has 0 spiro atoms. The van der Waals surface area contributed by atoms with Crippen molar-refractivity contribution >= 4 is 22.8 Å². The Morgan fingerprint density at radius 1 is 1.30 bits per heavy atom. The second-order valence-electron chi connectivity index (χ2n) is 6.58. The average molecular weight is 364 g/mol. The molecule has 3 N–H and O–H groups in total. The molecule has 1 unspecified atom stereocenters. The van der Waals surface area contributed by atoms with Crippen LogP contribution < -0.4 is 5.73 Å². The summed E-state index contributed by atoms with van der Waals surface area (Å²) < 4.78 is 1.85. The topological polar surface area (TPSA) is 110 Å². The van der Waals surface area contributed by atoms with Gasteiger partial charge in [-0.25, -0.2) is 14.6 Å². The van der Waals surface area contributed by atoms with Gasteiger partial charge >= 0.3 is 0 Å². The van der Waals surface area contributed by atoms with Gasteiger partial charge in [-0.3, -0.25) is 4.79 Å². The standard InChI is InChI=1S/C19H20N6O2/c1-2-15(27)24-9-3-4-13(10-24)25-19-16(18(20)21-11-22-19)17(23-25)12-5-7-14(26)8-6-12/h2,5-8,11,13,26H,1,3-4,9-10H2,(H2,20,21,22). The third-order valence-corrected chi connectivity index (χ3v) is 4.89. The minimum absolute atomic E-state index is 0.00897. The van der Waals surface area contributed by atoms with Crippen LogP contribution in [0.25, 0.3) is 22.3 Å². The number of phenols is 1. The molecule has 1 amide bonds. The van der Waals surface area contributed by atoms with Gasteiger partial charge in [-0.1, -0.05) is 6.58 Å². The maximum atomic E-state index is 12.0. The number of rotatable bonds is 3. The molecule has 3 heterocycles. The number of nitrogens with two attached hydrogens (primary N) is 1. The molecule has 0 aliphatic carbocycles. The number of aromatic nitrogens is 4. The van der Waals surface area contributed by atoms with E-state index in [1.807, 2.05) is 4.68 Å². The molecule has 1 atom stereocenters. The zero-order chi connectivity index (χ0) is 19.0. The predicted octanol–water partition coefficient (Wildman–Crippen LogP) is 2.13. The van der Waals surface area contributed by atoms with Gasteiger partial charge in [0.05, 0.1) is 11.4 Å². The van der Waals surface area contributed by atoms with Crippen molar-refractivity contribution in [1.29, 1.82) is 0 Å². The van der Waals surface area contributed by atoms with Crippen LogP contribution in [-0.4, -0.2) is 48.8 Å². The quantitative estimate of drug-likeness (QED) is 0.689. The molecule has 1 aromatic carbocycles. The van der Waals surface area contributed by atoms with Gasteiger partial charge in [0.1, 0.15) is 23.6 Å². The summed E-state index contributed by atoms with van der Waals surface area (Å²) in [6.07, 6.45) is 4.52. The Bertz CT molecular complexity index is 1010. The third kappa shape index (κ3) is 2.99. The summed E-state index contributed by atoms with van der Waals surface area (Å²) in [6.45, 7) is 4.83. The van der Waals surface area contributed by atoms with E-state index in [9.17, 15) is 9.90 Å². The Kier molecular flexibility index (Phi) is 4.23. The highest BCUT2D eigenvalue weighted by molar-refractivity contribution is 5.98. The second kappa shape index (κ2) is 6.71. The van der Waals surface area contributed by atoms with Crippen LogP contribution in [0.3, 0.4) is 0 Å². The number of nitrogens with zero attached hydrogens (tertiary/aromatic N) is 5. The fourth-order valence-corrected chi connectivity index (χ4v) is 3.56. The fourth-order valence-electron chi connectivity index (χ4n) is 3.56. The summed E-state index contributed by atoms with van der Waals surface area (Å²) >= 11 is 0. The molecule has 8 heteroatoms. The van der Waals surface area contributed by atoms with Gasteiger partial charge in [-0.15, -0.1) is 0 Å². The van der Waals surface area contributed by atoms with Gasteiger partial charge in [0, 0.05) is 18.7 Å². The molecule has 0 radical (unpaired) electrons. The Labute approximate surface area is 155 Å². The van der Waals surface area contributed by atoms with Crippen molar-refractivity contribution in [1.82, 2.24) is 24.6 Å². The van der Waals surface area contributed by atoms with Gasteiger partial charge in [-0.05, 0) is 43.2 Å². The lowest BCUT2D eigenvalue weighted by atomic mass is 10.1. The minimum Gasteiger partial charge on any atom is -0.508 e. The lowest BCUT2D eigenvalue weighted by Crippen LogP contribution is -2.40. The molecule has 0 bridgehead atoms. The van der Waals surface area contributed by atoms with Crippen molar-refractivity contribution < 1.29 is 9.90 Å². The van der Waals surface area contributed by atoms with Crippen LogP contribution in [0.2, 0.25) is 0 Å². The van der Waals surface area contributed by atoms with Crippen molar-refractivity contribution in [2.24, 2.45) is 0 Å². The van der Waals surface area contributed by atoms with E-state index >= 15 is 0 Å². The SMILES string of the molecule is C=CC(=O)N1CCCC(n2nc(-c3ccc(O)cc3)c3c(N)ncnc32)C1. The number of phenolic OH excluding ortho intramolecular Hbond substituents is 1. The lowest BCUT2D eigenvalue weighted by Gasteiger charge is -2.32. The zero-order valence-electron chi connectivity index (χ0n) is 14.7. The van der Waals surface area contributed by atoms with E-state index in [1.165, 1.54) is 12.4 Å². The van der Waals surface area contributed by atoms with Crippen LogP contribution in [0.5, 0.6) is 5.75 Å². The Morgan fingerprint density at radius 2 is 2.07 bits per heavy atom. The zero-order valence-corrected chi connectivity index (χ0v) is 14.7. The number of carbonyl (C=O) groups excluding carboxylic acids is 1. The largest absolute Gasteiger partial charge is 0.508 e. The molecule has 1 aliphatic rings. The van der Waals surface area contributed by atoms with Gasteiger partial charge in [0.25, 0.3) is 0 Å². The van der Waals surface area contributed by atoms with Crippen molar-refractivity contribution in [3.8, 4) is 17.0 Å². The Balaban J connectivity index is 1.82. The first-order chi connectivity index (χ1) is 13.1. The van der Waals surface area contributed by atoms with Gasteiger partial charge < -0.3 is 15.7 Å². The van der Waals surface area contributed by atoms with Crippen LogP contribution in [0.4, 0.5) is 5.82 Å². The fraction of sp³-hybridized carbons (Fsp3) is 0.263. The highest BCUT2D eigenvalue weighted by atomic mass is 16.3. The summed E-state index contributed by atoms with van der Waals surface area (Å²) in [5.41, 5.74) is 8.25. The van der Waals surface area contributed by atoms with Crippen molar-refractivity contribution in [2.45, 2.75) is 18.9 Å². The Morgan fingerprint density at radius 3 is 2.81 bits per heavy atom. The van der Waals surface area contributed by atoms with E-state index in [0.717, 1.165) is 18.4 Å². The molecule has 1 fully saturated rings. The second-order valence-corrected chi connectivity index (χ2v) is 6.58. The Hall–Kier alpha value is -3.42. The van der Waals surface area contributed by atoms with Crippen LogP contribution >= 0.6 is 0 Å². The number of hydrogen-bond acceptors (Lipinski definition) is 6. The van der Waals surface area contributed by atoms with Gasteiger partial charge in [-0.2, -0.15) is 5.10 Å². The first-order valence-corrected chi connectivity index (χ1v) is 8.78. The van der Waals surface area contributed by atoms with Gasteiger partial charge in [0.15, 0.2) is 5.65 Å². The molecule has 138 valence electrons. The molecule has 0 saturated carbocycles. The molecule has 4 rings (SSSR count). The van der Waals surface area contributed by atoms with Crippen molar-refractivity contribution in [3.63, 3.8) is 0 Å². The van der Waals surface area contributed by atoms with Crippen molar-refractivity contribution in [2.75, 3.05) is 18.8 Å². The summed E-state index contributed by atoms with van der Waals surface area (Å²) in [5, 5.41) is 15.0. The highest BCUT2D eigenvalue weighted by Gasteiger charge is 2.27. The molecular weight excluding hydrogens is 344 g/mol. The van der Waals surface area contributed by atoms with Crippen LogP contribution in [0, 0.1) is 0 Å². The van der Waals surface area contributed by atoms with E-state index in [1.54, 1.807) is 29.2 Å². The van der Waals surface area contributed by atoms with E-state index < -0.39 is 0 Å². The first kappa shape index (κ1) is 17.0. The molecule has 1 aliphatic heterocycles. The maximum absolute atomic E-state index is 12.0. The van der Waals surface area contributed by atoms with Crippen LogP contribution in [0.15, 0.2) is 43.2 Å². The van der Waals surface area contributed by atoms with E-state index in [0.29, 0.717) is 35.6 Å². The number of likely N-dealkylation sites (tertiary alicyclic amines) is 1. The average Bonchev–Trinajstić information content (AvgIpc) is 3.09. The summed E-state index contributed by atoms with van der Waals surface area (Å²) in [6, 6.07) is 6.76. The molecule has 3 aromatic rings. The summed E-state index contributed by atoms with van der Waals surface area (Å²) in [7, 11) is 0. The first-order valence-electron chi connectivity index (χ1n) is 8.78. The summed E-state index contributed by atoms with van der Waals surface area (Å²) in [5.74, 6) is 0.450. The van der Waals surface area contributed by atoms with Crippen LogP contribution in [0.1, 0.15) is 18.9 Å². The number of benzene rings is 1. The van der Waals surface area contributed by atoms with Crippen molar-refractivity contribution in [3.05, 3.63) is 43.2 Å². The van der Waals surface area contributed by atoms with E-state index in [4.69, 9.17) is 10.8 Å². The number of fused-ring (bicyclic) bond motifs is 1. The lowest BCUT2D eigenvalue weighted by molar-refractivity contribution is -0.127. The number of piperidine rings is 1. The van der Waals surface area contributed by atoms with Gasteiger partial charge in [0.2, 0.25) is 5.91 Å². The third-order valence-electron chi connectivity index (χ3n) is 4.89. The number of anilines is 1. The molecule has 1 saturated heterocycles. The number of hydrogen-bond donors (Lipinski definition) is 2. The van der Waals surface area contributed by atoms with E-state index in [-0.39, 0.29) is 17.7 Å². The predicted molar refractivity (Wildman–Crippen MR) is 102 cm³/mol.